The summed E-state index contributed by atoms with van der Waals surface area (Å²) in [5.74, 6) is -1.01. The number of nitrogens with zero attached hydrogens (tertiary/aromatic N) is 2. The zero-order valence-corrected chi connectivity index (χ0v) is 11.2. The minimum absolute atomic E-state index is 0.0823. The number of amides is 1. The Hall–Kier alpha value is -1.10. The van der Waals surface area contributed by atoms with Crippen molar-refractivity contribution in [2.75, 3.05) is 13.6 Å². The Morgan fingerprint density at radius 2 is 2.00 bits per heavy atom. The Balaban J connectivity index is 2.95. The maximum atomic E-state index is 12.3. The lowest BCUT2D eigenvalue weighted by molar-refractivity contribution is -0.156. The quantitative estimate of drug-likeness (QED) is 0.777. The molecule has 1 heterocycles. The summed E-state index contributed by atoms with van der Waals surface area (Å²) in [6.45, 7) is 8.64. The van der Waals surface area contributed by atoms with Crippen LogP contribution in [0.5, 0.6) is 0 Å². The van der Waals surface area contributed by atoms with Crippen LogP contribution in [0.15, 0.2) is 0 Å². The summed E-state index contributed by atoms with van der Waals surface area (Å²) >= 11 is 0. The molecule has 1 aliphatic rings. The number of piperazine rings is 1. The molecule has 0 bridgehead atoms. The number of carboxylic acid groups (broad SMARTS) is 1. The van der Waals surface area contributed by atoms with E-state index in [1.807, 2.05) is 39.6 Å². The van der Waals surface area contributed by atoms with Crippen LogP contribution in [-0.2, 0) is 9.59 Å². The van der Waals surface area contributed by atoms with E-state index in [1.54, 1.807) is 4.90 Å². The molecule has 5 nitrogen and oxygen atoms in total. The summed E-state index contributed by atoms with van der Waals surface area (Å²) in [5.41, 5.74) is -0.269. The Bertz CT molecular complexity index is 322. The van der Waals surface area contributed by atoms with Gasteiger partial charge in [0.05, 0.1) is 12.5 Å². The number of hydrogen-bond donors (Lipinski definition) is 1. The third-order valence-corrected chi connectivity index (χ3v) is 3.14. The molecule has 2 atom stereocenters. The van der Waals surface area contributed by atoms with E-state index in [0.717, 1.165) is 0 Å². The van der Waals surface area contributed by atoms with E-state index >= 15 is 0 Å². The maximum absolute atomic E-state index is 12.3. The molecule has 98 valence electrons. The summed E-state index contributed by atoms with van der Waals surface area (Å²) in [4.78, 5) is 26.8. The summed E-state index contributed by atoms with van der Waals surface area (Å²) in [6, 6.07) is -0.430. The number of carbonyl (C=O) groups is 2. The van der Waals surface area contributed by atoms with Crippen LogP contribution >= 0.6 is 0 Å². The largest absolute Gasteiger partial charge is 0.481 e. The summed E-state index contributed by atoms with van der Waals surface area (Å²) < 4.78 is 0. The van der Waals surface area contributed by atoms with E-state index in [2.05, 4.69) is 0 Å². The van der Waals surface area contributed by atoms with Crippen molar-refractivity contribution >= 4 is 11.9 Å². The van der Waals surface area contributed by atoms with E-state index in [4.69, 9.17) is 5.11 Å². The SMILES string of the molecule is CC1CN(C)C(CC(=O)O)C(=O)N1C(C)(C)C. The molecule has 0 aromatic carbocycles. The van der Waals surface area contributed by atoms with Gasteiger partial charge in [0.25, 0.3) is 0 Å². The Kier molecular flexibility index (Phi) is 3.81. The predicted octanol–water partition coefficient (Wildman–Crippen LogP) is 0.791. The van der Waals surface area contributed by atoms with Gasteiger partial charge in [0.15, 0.2) is 0 Å². The molecule has 1 N–H and O–H groups in total. The first kappa shape index (κ1) is 14.0. The minimum Gasteiger partial charge on any atom is -0.481 e. The van der Waals surface area contributed by atoms with Crippen molar-refractivity contribution in [2.24, 2.45) is 0 Å². The van der Waals surface area contributed by atoms with E-state index in [-0.39, 0.29) is 23.9 Å². The fourth-order valence-electron chi connectivity index (χ4n) is 2.59. The molecule has 5 heteroatoms. The first-order valence-electron chi connectivity index (χ1n) is 5.89. The highest BCUT2D eigenvalue weighted by molar-refractivity contribution is 5.87. The first-order chi connectivity index (χ1) is 7.64. The second-order valence-electron chi connectivity index (χ2n) is 5.78. The van der Waals surface area contributed by atoms with E-state index in [9.17, 15) is 9.59 Å². The zero-order valence-electron chi connectivity index (χ0n) is 11.2. The molecule has 17 heavy (non-hydrogen) atoms. The molecule has 0 aromatic heterocycles. The van der Waals surface area contributed by atoms with Gasteiger partial charge in [-0.05, 0) is 34.7 Å². The monoisotopic (exact) mass is 242 g/mol. The molecule has 1 saturated heterocycles. The number of aliphatic carboxylic acids is 1. The van der Waals surface area contributed by atoms with Crippen LogP contribution in [-0.4, -0.2) is 58.0 Å². The topological polar surface area (TPSA) is 60.9 Å². The molecule has 2 unspecified atom stereocenters. The summed E-state index contributed by atoms with van der Waals surface area (Å²) in [6.07, 6.45) is -0.130. The number of carbonyl (C=O) groups excluding carboxylic acids is 1. The molecular formula is C12H22N2O3. The van der Waals surface area contributed by atoms with Gasteiger partial charge in [-0.3, -0.25) is 14.5 Å². The van der Waals surface area contributed by atoms with E-state index in [0.29, 0.717) is 6.54 Å². The van der Waals surface area contributed by atoms with Crippen LogP contribution in [0.1, 0.15) is 34.1 Å². The third-order valence-electron chi connectivity index (χ3n) is 3.14. The van der Waals surface area contributed by atoms with Gasteiger partial charge in [0.2, 0.25) is 5.91 Å². The van der Waals surface area contributed by atoms with Gasteiger partial charge in [0.1, 0.15) is 0 Å². The van der Waals surface area contributed by atoms with Crippen molar-refractivity contribution in [3.8, 4) is 0 Å². The van der Waals surface area contributed by atoms with Crippen LogP contribution in [0.25, 0.3) is 0 Å². The van der Waals surface area contributed by atoms with Crippen molar-refractivity contribution in [3.63, 3.8) is 0 Å². The van der Waals surface area contributed by atoms with Crippen LogP contribution in [0.3, 0.4) is 0 Å². The molecule has 0 radical (unpaired) electrons. The van der Waals surface area contributed by atoms with Gasteiger partial charge < -0.3 is 10.0 Å². The van der Waals surface area contributed by atoms with Crippen molar-refractivity contribution in [2.45, 2.75) is 51.7 Å². The molecule has 0 spiro atoms. The van der Waals surface area contributed by atoms with Crippen LogP contribution in [0, 0.1) is 0 Å². The van der Waals surface area contributed by atoms with Crippen LogP contribution in [0.4, 0.5) is 0 Å². The normalized spacial score (nSPS) is 27.4. The van der Waals surface area contributed by atoms with E-state index in [1.165, 1.54) is 0 Å². The van der Waals surface area contributed by atoms with Crippen LogP contribution < -0.4 is 0 Å². The van der Waals surface area contributed by atoms with Gasteiger partial charge in [0, 0.05) is 18.1 Å². The molecular weight excluding hydrogens is 220 g/mol. The lowest BCUT2D eigenvalue weighted by Gasteiger charge is -2.48. The molecule has 1 fully saturated rings. The minimum atomic E-state index is -0.932. The number of likely N-dealkylation sites (N-methyl/N-ethyl adjacent to an activating group) is 1. The molecule has 0 aromatic rings. The molecule has 0 saturated carbocycles. The lowest BCUT2D eigenvalue weighted by atomic mass is 9.96. The standard InChI is InChI=1S/C12H22N2O3/c1-8-7-13(5)9(6-10(15)16)11(17)14(8)12(2,3)4/h8-9H,6-7H2,1-5H3,(H,15,16). The van der Waals surface area contributed by atoms with Gasteiger partial charge in [-0.2, -0.15) is 0 Å². The van der Waals surface area contributed by atoms with Crippen molar-refractivity contribution in [1.82, 2.24) is 9.80 Å². The average Bonchev–Trinajstić information content (AvgIpc) is 2.08. The van der Waals surface area contributed by atoms with Crippen molar-refractivity contribution in [1.29, 1.82) is 0 Å². The smallest absolute Gasteiger partial charge is 0.305 e. The van der Waals surface area contributed by atoms with Crippen molar-refractivity contribution < 1.29 is 14.7 Å². The third kappa shape index (κ3) is 2.97. The highest BCUT2D eigenvalue weighted by Crippen LogP contribution is 2.25. The molecule has 1 rings (SSSR count). The fourth-order valence-corrected chi connectivity index (χ4v) is 2.59. The summed E-state index contributed by atoms with van der Waals surface area (Å²) in [7, 11) is 1.81. The highest BCUT2D eigenvalue weighted by atomic mass is 16.4. The van der Waals surface area contributed by atoms with Gasteiger partial charge in [-0.25, -0.2) is 0 Å². The second kappa shape index (κ2) is 4.64. The zero-order chi connectivity index (χ0) is 13.4. The molecule has 1 aliphatic heterocycles. The highest BCUT2D eigenvalue weighted by Gasteiger charge is 2.42. The molecule has 1 amide bonds. The fraction of sp³-hybridized carbons (Fsp3) is 0.833. The van der Waals surface area contributed by atoms with Crippen LogP contribution in [0.2, 0.25) is 0 Å². The summed E-state index contributed by atoms with van der Waals surface area (Å²) in [5, 5.41) is 8.86. The van der Waals surface area contributed by atoms with Crippen molar-refractivity contribution in [3.05, 3.63) is 0 Å². The van der Waals surface area contributed by atoms with Gasteiger partial charge >= 0.3 is 5.97 Å². The van der Waals surface area contributed by atoms with Gasteiger partial charge in [-0.1, -0.05) is 0 Å². The number of hydrogen-bond acceptors (Lipinski definition) is 3. The number of rotatable bonds is 2. The van der Waals surface area contributed by atoms with E-state index < -0.39 is 12.0 Å². The Labute approximate surface area is 102 Å². The lowest BCUT2D eigenvalue weighted by Crippen LogP contribution is -2.64. The predicted molar refractivity (Wildman–Crippen MR) is 64.7 cm³/mol. The average molecular weight is 242 g/mol. The maximum Gasteiger partial charge on any atom is 0.305 e. The Morgan fingerprint density at radius 3 is 2.41 bits per heavy atom. The Morgan fingerprint density at radius 1 is 1.47 bits per heavy atom. The van der Waals surface area contributed by atoms with Gasteiger partial charge in [-0.15, -0.1) is 0 Å². The second-order valence-corrected chi connectivity index (χ2v) is 5.78. The first-order valence-corrected chi connectivity index (χ1v) is 5.89. The molecule has 0 aliphatic carbocycles. The number of carboxylic acids is 1.